The molecule has 0 radical (unpaired) electrons. The van der Waals surface area contributed by atoms with Gasteiger partial charge in [0.15, 0.2) is 0 Å². The van der Waals surface area contributed by atoms with Gasteiger partial charge in [0.05, 0.1) is 13.0 Å². The summed E-state index contributed by atoms with van der Waals surface area (Å²) in [5.74, 6) is -2.06. The molecule has 1 fully saturated rings. The largest absolute Gasteiger partial charge is 0.466 e. The summed E-state index contributed by atoms with van der Waals surface area (Å²) < 4.78 is 16.0. The number of hydrogen-bond acceptors (Lipinski definition) is 6. The van der Waals surface area contributed by atoms with Crippen molar-refractivity contribution in [3.63, 3.8) is 0 Å². The van der Waals surface area contributed by atoms with Crippen LogP contribution in [0.4, 0.5) is 0 Å². The number of carbonyl (C=O) groups is 3. The number of fused-ring (bicyclic) bond motifs is 1. The standard InChI is InChI=1S/C21H26O6/c1-6-13(3)19(22)26-17-11-15(21(24)25-5)9-7-8-12(2)10-16-18(17)14(4)20(23)27-16/h6,9-10,16-18H,4,7-8,11H2,1-3,5H3/b12-10+,13-6-,15-9+. The third-order valence-corrected chi connectivity index (χ3v) is 4.92. The molecule has 0 bridgehead atoms. The molecule has 2 rings (SSSR count). The molecule has 0 aromatic rings. The van der Waals surface area contributed by atoms with Crippen LogP contribution in [-0.2, 0) is 28.6 Å². The van der Waals surface area contributed by atoms with Gasteiger partial charge in [-0.05, 0) is 39.7 Å². The lowest BCUT2D eigenvalue weighted by Crippen LogP contribution is -2.34. The summed E-state index contributed by atoms with van der Waals surface area (Å²) in [4.78, 5) is 36.7. The molecule has 0 aromatic heterocycles. The van der Waals surface area contributed by atoms with Crippen molar-refractivity contribution in [2.75, 3.05) is 7.11 Å². The molecule has 0 N–H and O–H groups in total. The lowest BCUT2D eigenvalue weighted by atomic mass is 9.85. The van der Waals surface area contributed by atoms with Crippen LogP contribution in [0.25, 0.3) is 0 Å². The number of allylic oxidation sites excluding steroid dienone is 3. The molecular formula is C21H26O6. The average Bonchev–Trinajstić information content (AvgIpc) is 2.91. The maximum atomic E-state index is 12.4. The van der Waals surface area contributed by atoms with E-state index in [1.807, 2.05) is 13.0 Å². The quantitative estimate of drug-likeness (QED) is 0.327. The molecule has 6 nitrogen and oxygen atoms in total. The van der Waals surface area contributed by atoms with Crippen LogP contribution in [0.3, 0.4) is 0 Å². The second kappa shape index (κ2) is 8.84. The van der Waals surface area contributed by atoms with Gasteiger partial charge in [-0.1, -0.05) is 24.3 Å². The average molecular weight is 374 g/mol. The van der Waals surface area contributed by atoms with Gasteiger partial charge in [0.25, 0.3) is 0 Å². The fraction of sp³-hybridized carbons (Fsp3) is 0.476. The zero-order chi connectivity index (χ0) is 20.1. The normalized spacial score (nSPS) is 30.2. The first-order chi connectivity index (χ1) is 12.8. The Morgan fingerprint density at radius 3 is 2.70 bits per heavy atom. The van der Waals surface area contributed by atoms with Crippen molar-refractivity contribution in [2.45, 2.75) is 52.2 Å². The molecular weight excluding hydrogens is 348 g/mol. The molecule has 2 aliphatic rings. The monoisotopic (exact) mass is 374 g/mol. The van der Waals surface area contributed by atoms with Crippen LogP contribution < -0.4 is 0 Å². The Balaban J connectivity index is 2.47. The first-order valence-electron chi connectivity index (χ1n) is 8.96. The van der Waals surface area contributed by atoms with Crippen molar-refractivity contribution in [1.82, 2.24) is 0 Å². The van der Waals surface area contributed by atoms with E-state index in [1.165, 1.54) is 7.11 Å². The molecule has 0 spiro atoms. The highest BCUT2D eigenvalue weighted by Gasteiger charge is 2.45. The Morgan fingerprint density at radius 2 is 2.07 bits per heavy atom. The molecule has 0 saturated carbocycles. The molecule has 0 amide bonds. The Bertz CT molecular complexity index is 740. The number of ether oxygens (including phenoxy) is 3. The van der Waals surface area contributed by atoms with Crippen LogP contribution >= 0.6 is 0 Å². The second-order valence-corrected chi connectivity index (χ2v) is 6.81. The van der Waals surface area contributed by atoms with Crippen molar-refractivity contribution in [3.8, 4) is 0 Å². The molecule has 1 saturated heterocycles. The second-order valence-electron chi connectivity index (χ2n) is 6.81. The van der Waals surface area contributed by atoms with E-state index in [9.17, 15) is 14.4 Å². The molecule has 0 aromatic carbocycles. The minimum atomic E-state index is -0.774. The van der Waals surface area contributed by atoms with Gasteiger partial charge in [-0.2, -0.15) is 0 Å². The lowest BCUT2D eigenvalue weighted by Gasteiger charge is -2.27. The van der Waals surface area contributed by atoms with Crippen molar-refractivity contribution in [1.29, 1.82) is 0 Å². The van der Waals surface area contributed by atoms with Crippen LogP contribution in [0, 0.1) is 5.92 Å². The zero-order valence-electron chi connectivity index (χ0n) is 16.2. The lowest BCUT2D eigenvalue weighted by molar-refractivity contribution is -0.148. The summed E-state index contributed by atoms with van der Waals surface area (Å²) >= 11 is 0. The Labute approximate surface area is 159 Å². The topological polar surface area (TPSA) is 78.9 Å². The van der Waals surface area contributed by atoms with Crippen LogP contribution in [0.5, 0.6) is 0 Å². The molecule has 1 heterocycles. The fourth-order valence-electron chi connectivity index (χ4n) is 3.21. The van der Waals surface area contributed by atoms with Crippen molar-refractivity contribution < 1.29 is 28.6 Å². The summed E-state index contributed by atoms with van der Waals surface area (Å²) in [6, 6.07) is 0. The summed E-state index contributed by atoms with van der Waals surface area (Å²) in [7, 11) is 1.31. The van der Waals surface area contributed by atoms with Gasteiger partial charge in [-0.15, -0.1) is 0 Å². The van der Waals surface area contributed by atoms with E-state index < -0.39 is 36.0 Å². The smallest absolute Gasteiger partial charge is 0.334 e. The number of methoxy groups -OCH3 is 1. The van der Waals surface area contributed by atoms with E-state index in [0.717, 1.165) is 12.0 Å². The maximum absolute atomic E-state index is 12.4. The highest BCUT2D eigenvalue weighted by Crippen LogP contribution is 2.36. The predicted molar refractivity (Wildman–Crippen MR) is 99.5 cm³/mol. The van der Waals surface area contributed by atoms with Gasteiger partial charge < -0.3 is 14.2 Å². The van der Waals surface area contributed by atoms with E-state index in [0.29, 0.717) is 17.6 Å². The van der Waals surface area contributed by atoms with Crippen molar-refractivity contribution in [2.24, 2.45) is 5.92 Å². The third kappa shape index (κ3) is 4.76. The van der Waals surface area contributed by atoms with Gasteiger partial charge in [-0.3, -0.25) is 0 Å². The number of rotatable bonds is 3. The zero-order valence-corrected chi connectivity index (χ0v) is 16.2. The van der Waals surface area contributed by atoms with Gasteiger partial charge in [-0.25, -0.2) is 14.4 Å². The van der Waals surface area contributed by atoms with Crippen molar-refractivity contribution >= 4 is 17.9 Å². The first kappa shape index (κ1) is 20.7. The van der Waals surface area contributed by atoms with Gasteiger partial charge >= 0.3 is 17.9 Å². The van der Waals surface area contributed by atoms with Gasteiger partial charge in [0.1, 0.15) is 12.2 Å². The van der Waals surface area contributed by atoms with Crippen LogP contribution in [0.2, 0.25) is 0 Å². The maximum Gasteiger partial charge on any atom is 0.334 e. The number of esters is 3. The van der Waals surface area contributed by atoms with E-state index >= 15 is 0 Å². The molecule has 1 aliphatic heterocycles. The van der Waals surface area contributed by atoms with Crippen LogP contribution in [0.1, 0.15) is 40.0 Å². The van der Waals surface area contributed by atoms with E-state index in [2.05, 4.69) is 6.58 Å². The summed E-state index contributed by atoms with van der Waals surface area (Å²) in [5.41, 5.74) is 2.11. The predicted octanol–water partition coefficient (Wildman–Crippen LogP) is 3.19. The molecule has 1 aliphatic carbocycles. The Kier molecular flexibility index (Phi) is 6.77. The van der Waals surface area contributed by atoms with E-state index in [4.69, 9.17) is 14.2 Å². The summed E-state index contributed by atoms with van der Waals surface area (Å²) in [6.07, 6.45) is 5.44. The minimum Gasteiger partial charge on any atom is -0.466 e. The van der Waals surface area contributed by atoms with E-state index in [1.54, 1.807) is 26.0 Å². The molecule has 27 heavy (non-hydrogen) atoms. The van der Waals surface area contributed by atoms with Crippen LogP contribution in [0.15, 0.2) is 47.1 Å². The number of hydrogen-bond donors (Lipinski definition) is 0. The SMILES string of the molecule is C=C1C(=O)OC2/C=C(\C)CC/C=C(/C(=O)OC)CC(OC(=O)/C(C)=C\C)C12. The molecule has 6 heteroatoms. The number of carbonyl (C=O) groups excluding carboxylic acids is 3. The first-order valence-corrected chi connectivity index (χ1v) is 8.96. The van der Waals surface area contributed by atoms with Crippen molar-refractivity contribution in [3.05, 3.63) is 47.1 Å². The fourth-order valence-corrected chi connectivity index (χ4v) is 3.21. The summed E-state index contributed by atoms with van der Waals surface area (Å²) in [5, 5.41) is 0. The highest BCUT2D eigenvalue weighted by molar-refractivity contribution is 5.92. The molecule has 3 unspecified atom stereocenters. The van der Waals surface area contributed by atoms with Gasteiger partial charge in [0, 0.05) is 23.1 Å². The molecule has 3 atom stereocenters. The van der Waals surface area contributed by atoms with E-state index in [-0.39, 0.29) is 12.0 Å². The molecule has 146 valence electrons. The third-order valence-electron chi connectivity index (χ3n) is 4.92. The Morgan fingerprint density at radius 1 is 1.37 bits per heavy atom. The summed E-state index contributed by atoms with van der Waals surface area (Å²) in [6.45, 7) is 9.15. The van der Waals surface area contributed by atoms with Crippen LogP contribution in [-0.4, -0.2) is 37.2 Å². The Hall–Kier alpha value is -2.63. The highest BCUT2D eigenvalue weighted by atomic mass is 16.6. The minimum absolute atomic E-state index is 0.124. The van der Waals surface area contributed by atoms with Gasteiger partial charge in [0.2, 0.25) is 0 Å².